The SMILES string of the molecule is CCc1nn2c(nnc3c(CC(=O)OC)nn(-c4cccc(F)c4)c32)c1-c1ccc(Cl)cc1. The zero-order valence-electron chi connectivity index (χ0n) is 17.8. The lowest BCUT2D eigenvalue weighted by molar-refractivity contribution is -0.139. The van der Waals surface area contributed by atoms with E-state index in [9.17, 15) is 9.18 Å². The van der Waals surface area contributed by atoms with E-state index in [2.05, 4.69) is 15.3 Å². The number of carbonyl (C=O) groups excluding carboxylic acids is 1. The molecule has 0 aliphatic rings. The molecule has 0 atom stereocenters. The van der Waals surface area contributed by atoms with Gasteiger partial charge in [-0.05, 0) is 42.3 Å². The molecule has 33 heavy (non-hydrogen) atoms. The van der Waals surface area contributed by atoms with Gasteiger partial charge in [-0.15, -0.1) is 10.2 Å². The average Bonchev–Trinajstić information content (AvgIpc) is 3.38. The predicted octanol–water partition coefficient (Wildman–Crippen LogP) is 4.20. The predicted molar refractivity (Wildman–Crippen MR) is 121 cm³/mol. The number of halogens is 2. The second-order valence-corrected chi connectivity index (χ2v) is 7.82. The van der Waals surface area contributed by atoms with Crippen molar-refractivity contribution in [2.45, 2.75) is 19.8 Å². The summed E-state index contributed by atoms with van der Waals surface area (Å²) in [6, 6.07) is 13.4. The maximum absolute atomic E-state index is 14.0. The lowest BCUT2D eigenvalue weighted by atomic mass is 10.0. The van der Waals surface area contributed by atoms with Crippen LogP contribution in [0.4, 0.5) is 4.39 Å². The van der Waals surface area contributed by atoms with Gasteiger partial charge in [-0.3, -0.25) is 4.79 Å². The van der Waals surface area contributed by atoms with Gasteiger partial charge in [0.1, 0.15) is 11.5 Å². The Morgan fingerprint density at radius 1 is 1.09 bits per heavy atom. The Kier molecular flexibility index (Phi) is 5.26. The van der Waals surface area contributed by atoms with Crippen molar-refractivity contribution in [1.82, 2.24) is 29.6 Å². The van der Waals surface area contributed by atoms with Gasteiger partial charge in [0.25, 0.3) is 0 Å². The molecule has 166 valence electrons. The second-order valence-electron chi connectivity index (χ2n) is 7.38. The van der Waals surface area contributed by atoms with Gasteiger partial charge in [-0.2, -0.15) is 14.7 Å². The molecule has 0 fully saturated rings. The lowest BCUT2D eigenvalue weighted by Gasteiger charge is -2.05. The highest BCUT2D eigenvalue weighted by atomic mass is 35.5. The molecule has 0 aliphatic carbocycles. The first-order valence-electron chi connectivity index (χ1n) is 10.2. The van der Waals surface area contributed by atoms with Crippen LogP contribution in [0.1, 0.15) is 18.3 Å². The first kappa shape index (κ1) is 21.0. The highest BCUT2D eigenvalue weighted by Gasteiger charge is 2.24. The van der Waals surface area contributed by atoms with Gasteiger partial charge in [-0.1, -0.05) is 36.7 Å². The number of rotatable bonds is 5. The van der Waals surface area contributed by atoms with Crippen LogP contribution in [-0.4, -0.2) is 42.7 Å². The summed E-state index contributed by atoms with van der Waals surface area (Å²) >= 11 is 6.07. The first-order valence-corrected chi connectivity index (χ1v) is 10.6. The van der Waals surface area contributed by atoms with E-state index < -0.39 is 11.8 Å². The van der Waals surface area contributed by atoms with Crippen molar-refractivity contribution in [3.05, 3.63) is 70.8 Å². The monoisotopic (exact) mass is 464 g/mol. The number of ether oxygens (including phenoxy) is 1. The van der Waals surface area contributed by atoms with Crippen LogP contribution in [0.3, 0.4) is 0 Å². The molecule has 0 radical (unpaired) electrons. The molecule has 0 saturated heterocycles. The zero-order chi connectivity index (χ0) is 23.1. The molecule has 0 aliphatic heterocycles. The van der Waals surface area contributed by atoms with Crippen LogP contribution >= 0.6 is 11.6 Å². The van der Waals surface area contributed by atoms with E-state index in [0.717, 1.165) is 16.8 Å². The number of methoxy groups -OCH3 is 1. The largest absolute Gasteiger partial charge is 0.469 e. The van der Waals surface area contributed by atoms with Gasteiger partial charge in [0, 0.05) is 5.02 Å². The number of aromatic nitrogens is 6. The van der Waals surface area contributed by atoms with Crippen molar-refractivity contribution in [1.29, 1.82) is 0 Å². The third-order valence-corrected chi connectivity index (χ3v) is 5.60. The van der Waals surface area contributed by atoms with Crippen molar-refractivity contribution >= 4 is 34.4 Å². The Labute approximate surface area is 192 Å². The fourth-order valence-corrected chi connectivity index (χ4v) is 3.93. The molecule has 0 bridgehead atoms. The fraction of sp³-hybridized carbons (Fsp3) is 0.174. The normalized spacial score (nSPS) is 11.4. The third-order valence-electron chi connectivity index (χ3n) is 5.35. The number of benzene rings is 2. The molecule has 0 spiro atoms. The van der Waals surface area contributed by atoms with Crippen molar-refractivity contribution in [2.24, 2.45) is 0 Å². The van der Waals surface area contributed by atoms with E-state index in [-0.39, 0.29) is 6.42 Å². The molecule has 0 saturated carbocycles. The van der Waals surface area contributed by atoms with Gasteiger partial charge >= 0.3 is 5.97 Å². The highest BCUT2D eigenvalue weighted by Crippen LogP contribution is 2.31. The average molecular weight is 465 g/mol. The van der Waals surface area contributed by atoms with Crippen LogP contribution in [0, 0.1) is 5.82 Å². The summed E-state index contributed by atoms with van der Waals surface area (Å²) in [6.07, 6.45) is 0.535. The van der Waals surface area contributed by atoms with E-state index in [1.807, 2.05) is 19.1 Å². The maximum Gasteiger partial charge on any atom is 0.311 e. The van der Waals surface area contributed by atoms with Gasteiger partial charge in [0.2, 0.25) is 0 Å². The van der Waals surface area contributed by atoms with E-state index in [1.54, 1.807) is 28.8 Å². The van der Waals surface area contributed by atoms with Gasteiger partial charge in [0.15, 0.2) is 16.8 Å². The number of hydrogen-bond donors (Lipinski definition) is 0. The van der Waals surface area contributed by atoms with Crippen LogP contribution in [-0.2, 0) is 22.4 Å². The molecule has 3 aromatic heterocycles. The second kappa shape index (κ2) is 8.25. The Morgan fingerprint density at radius 3 is 2.58 bits per heavy atom. The van der Waals surface area contributed by atoms with Gasteiger partial charge in [0.05, 0.1) is 30.5 Å². The quantitative estimate of drug-likeness (QED) is 0.362. The number of nitrogens with zero attached hydrogens (tertiary/aromatic N) is 6. The molecule has 10 heteroatoms. The minimum Gasteiger partial charge on any atom is -0.469 e. The minimum atomic E-state index is -0.473. The molecule has 3 heterocycles. The van der Waals surface area contributed by atoms with Gasteiger partial charge in [-0.25, -0.2) is 9.07 Å². The van der Waals surface area contributed by atoms with Crippen LogP contribution in [0.2, 0.25) is 5.02 Å². The van der Waals surface area contributed by atoms with Crippen LogP contribution in [0.25, 0.3) is 33.6 Å². The van der Waals surface area contributed by atoms with E-state index in [1.165, 1.54) is 23.9 Å². The maximum atomic E-state index is 14.0. The van der Waals surface area contributed by atoms with Crippen LogP contribution < -0.4 is 0 Å². The standard InChI is InChI=1S/C23H18ClFN6O2/c1-3-17-20(13-7-9-14(24)10-8-13)22-27-26-21-18(12-19(32)33-2)29-30(23(21)31(22)28-17)16-6-4-5-15(25)11-16/h4-11H,3,12H2,1-2H3. The zero-order valence-corrected chi connectivity index (χ0v) is 18.5. The van der Waals surface area contributed by atoms with E-state index in [4.69, 9.17) is 21.4 Å². The number of hydrogen-bond acceptors (Lipinski definition) is 6. The summed E-state index contributed by atoms with van der Waals surface area (Å²) in [4.78, 5) is 12.0. The van der Waals surface area contributed by atoms with Crippen LogP contribution in [0.5, 0.6) is 0 Å². The van der Waals surface area contributed by atoms with Crippen molar-refractivity contribution < 1.29 is 13.9 Å². The summed E-state index contributed by atoms with van der Waals surface area (Å²) in [7, 11) is 1.30. The third kappa shape index (κ3) is 3.60. The number of fused-ring (bicyclic) bond motifs is 3. The lowest BCUT2D eigenvalue weighted by Crippen LogP contribution is -2.06. The molecule has 5 aromatic rings. The summed E-state index contributed by atoms with van der Waals surface area (Å²) < 4.78 is 22.0. The highest BCUT2D eigenvalue weighted by molar-refractivity contribution is 6.30. The molecule has 0 amide bonds. The van der Waals surface area contributed by atoms with Crippen molar-refractivity contribution in [3.63, 3.8) is 0 Å². The Hall–Kier alpha value is -3.85. The molecule has 0 N–H and O–H groups in total. The summed E-state index contributed by atoms with van der Waals surface area (Å²) in [5.41, 5.74) is 4.72. The Morgan fingerprint density at radius 2 is 1.88 bits per heavy atom. The molecule has 8 nitrogen and oxygen atoms in total. The molecule has 5 rings (SSSR count). The summed E-state index contributed by atoms with van der Waals surface area (Å²) in [6.45, 7) is 2.00. The summed E-state index contributed by atoms with van der Waals surface area (Å²) in [5.74, 6) is -0.889. The summed E-state index contributed by atoms with van der Waals surface area (Å²) in [5, 5.41) is 18.8. The minimum absolute atomic E-state index is 0.110. The van der Waals surface area contributed by atoms with Crippen LogP contribution in [0.15, 0.2) is 48.5 Å². The molecular formula is C23H18ClFN6O2. The Balaban J connectivity index is 1.85. The van der Waals surface area contributed by atoms with Crippen molar-refractivity contribution in [3.8, 4) is 16.8 Å². The topological polar surface area (TPSA) is 87.2 Å². The first-order chi connectivity index (χ1) is 16.0. The molecule has 0 unspecified atom stereocenters. The van der Waals surface area contributed by atoms with E-state index >= 15 is 0 Å². The molecular weight excluding hydrogens is 447 g/mol. The number of esters is 1. The number of carbonyl (C=O) groups is 1. The number of aryl methyl sites for hydroxylation is 1. The fourth-order valence-electron chi connectivity index (χ4n) is 3.80. The smallest absolute Gasteiger partial charge is 0.311 e. The van der Waals surface area contributed by atoms with Crippen molar-refractivity contribution in [2.75, 3.05) is 7.11 Å². The molecule has 2 aromatic carbocycles. The van der Waals surface area contributed by atoms with Gasteiger partial charge < -0.3 is 4.74 Å². The van der Waals surface area contributed by atoms with E-state index in [0.29, 0.717) is 39.6 Å². The Bertz CT molecular complexity index is 1510.